The summed E-state index contributed by atoms with van der Waals surface area (Å²) in [5, 5.41) is 8.65. The van der Waals surface area contributed by atoms with Crippen LogP contribution in [0.5, 0.6) is 0 Å². The maximum Gasteiger partial charge on any atom is 0.410 e. The van der Waals surface area contributed by atoms with Crippen molar-refractivity contribution in [3.63, 3.8) is 0 Å². The van der Waals surface area contributed by atoms with Gasteiger partial charge in [-0.05, 0) is 52.2 Å². The molecule has 1 amide bonds. The number of likely N-dealkylation sites (tertiary alicyclic amines) is 1. The molecule has 0 saturated carbocycles. The highest BCUT2D eigenvalue weighted by Crippen LogP contribution is 2.28. The molecule has 0 atom stereocenters. The van der Waals surface area contributed by atoms with Gasteiger partial charge in [-0.15, -0.1) is 5.10 Å². The number of benzene rings is 1. The van der Waals surface area contributed by atoms with Crippen molar-refractivity contribution in [1.82, 2.24) is 19.9 Å². The topological polar surface area (TPSA) is 60.2 Å². The summed E-state index contributed by atoms with van der Waals surface area (Å²) in [4.78, 5) is 13.9. The van der Waals surface area contributed by atoms with Gasteiger partial charge in [-0.3, -0.25) is 0 Å². The number of amides is 1. The van der Waals surface area contributed by atoms with Crippen LogP contribution in [0.2, 0.25) is 0 Å². The van der Waals surface area contributed by atoms with Crippen LogP contribution in [0.4, 0.5) is 4.79 Å². The van der Waals surface area contributed by atoms with Gasteiger partial charge >= 0.3 is 6.09 Å². The van der Waals surface area contributed by atoms with Crippen LogP contribution < -0.4 is 0 Å². The lowest BCUT2D eigenvalue weighted by atomic mass is 9.94. The minimum atomic E-state index is -0.454. The lowest BCUT2D eigenvalue weighted by Crippen LogP contribution is -2.41. The molecule has 1 aromatic heterocycles. The van der Waals surface area contributed by atoms with Gasteiger partial charge in [-0.25, -0.2) is 9.48 Å². The Kier molecular flexibility index (Phi) is 4.79. The second-order valence-corrected chi connectivity index (χ2v) is 7.62. The lowest BCUT2D eigenvalue weighted by Gasteiger charge is -2.32. The summed E-state index contributed by atoms with van der Waals surface area (Å²) in [6.07, 6.45) is 3.54. The van der Waals surface area contributed by atoms with E-state index in [0.29, 0.717) is 19.0 Å². The Morgan fingerprint density at radius 3 is 2.52 bits per heavy atom. The van der Waals surface area contributed by atoms with Gasteiger partial charge in [0.25, 0.3) is 0 Å². The molecular formula is C19H26N4O2. The van der Waals surface area contributed by atoms with E-state index in [4.69, 9.17) is 4.74 Å². The minimum absolute atomic E-state index is 0.227. The van der Waals surface area contributed by atoms with Gasteiger partial charge in [0.2, 0.25) is 0 Å². The fraction of sp³-hybridized carbons (Fsp3) is 0.526. The van der Waals surface area contributed by atoms with Crippen LogP contribution in [0.1, 0.15) is 50.8 Å². The van der Waals surface area contributed by atoms with Crippen LogP contribution in [-0.4, -0.2) is 44.7 Å². The van der Waals surface area contributed by atoms with Gasteiger partial charge in [0.05, 0.1) is 17.6 Å². The predicted molar refractivity (Wildman–Crippen MR) is 95.9 cm³/mol. The largest absolute Gasteiger partial charge is 0.444 e. The van der Waals surface area contributed by atoms with Crippen molar-refractivity contribution < 1.29 is 9.53 Å². The fourth-order valence-corrected chi connectivity index (χ4v) is 3.09. The molecule has 134 valence electrons. The molecule has 6 nitrogen and oxygen atoms in total. The first-order chi connectivity index (χ1) is 11.8. The molecule has 25 heavy (non-hydrogen) atoms. The summed E-state index contributed by atoms with van der Waals surface area (Å²) in [5.41, 5.74) is 2.75. The number of rotatable bonds is 2. The van der Waals surface area contributed by atoms with E-state index >= 15 is 0 Å². The van der Waals surface area contributed by atoms with E-state index in [1.165, 1.54) is 5.56 Å². The third-order valence-electron chi connectivity index (χ3n) is 4.44. The van der Waals surface area contributed by atoms with Gasteiger partial charge in [0, 0.05) is 19.0 Å². The van der Waals surface area contributed by atoms with E-state index in [2.05, 4.69) is 23.3 Å². The Bertz CT molecular complexity index is 740. The molecule has 0 radical (unpaired) electrons. The molecule has 0 N–H and O–H groups in total. The number of para-hydroxylation sites is 1. The zero-order valence-electron chi connectivity index (χ0n) is 15.4. The van der Waals surface area contributed by atoms with Gasteiger partial charge < -0.3 is 9.64 Å². The van der Waals surface area contributed by atoms with Gasteiger partial charge in [-0.1, -0.05) is 23.4 Å². The Hall–Kier alpha value is -2.37. The van der Waals surface area contributed by atoms with Gasteiger partial charge in [0.1, 0.15) is 5.60 Å². The maximum absolute atomic E-state index is 12.2. The average molecular weight is 342 g/mol. The summed E-state index contributed by atoms with van der Waals surface area (Å²) < 4.78 is 7.29. The first kappa shape index (κ1) is 17.5. The van der Waals surface area contributed by atoms with Crippen molar-refractivity contribution in [3.8, 4) is 5.69 Å². The van der Waals surface area contributed by atoms with Crippen LogP contribution in [0.15, 0.2) is 30.5 Å². The predicted octanol–water partition coefficient (Wildman–Crippen LogP) is 3.69. The van der Waals surface area contributed by atoms with Crippen LogP contribution in [0.3, 0.4) is 0 Å². The van der Waals surface area contributed by atoms with Crippen molar-refractivity contribution in [2.75, 3.05) is 13.1 Å². The van der Waals surface area contributed by atoms with E-state index in [-0.39, 0.29) is 6.09 Å². The molecule has 2 aromatic rings. The standard InChI is InChI=1S/C19H26N4O2/c1-14-7-5-6-8-17(14)23-13-16(20-21-23)15-9-11-22(12-10-15)18(24)25-19(2,3)4/h5-8,13,15H,9-12H2,1-4H3. The second kappa shape index (κ2) is 6.86. The molecule has 0 spiro atoms. The number of carbonyl (C=O) groups excluding carboxylic acids is 1. The number of hydrogen-bond acceptors (Lipinski definition) is 4. The summed E-state index contributed by atoms with van der Waals surface area (Å²) >= 11 is 0. The number of piperidine rings is 1. The van der Waals surface area contributed by atoms with Gasteiger partial charge in [0.15, 0.2) is 0 Å². The zero-order valence-corrected chi connectivity index (χ0v) is 15.4. The highest BCUT2D eigenvalue weighted by Gasteiger charge is 2.28. The Balaban J connectivity index is 1.63. The number of carbonyl (C=O) groups is 1. The number of hydrogen-bond donors (Lipinski definition) is 0. The molecule has 0 aliphatic carbocycles. The maximum atomic E-state index is 12.2. The van der Waals surface area contributed by atoms with E-state index < -0.39 is 5.60 Å². The third kappa shape index (κ3) is 4.18. The van der Waals surface area contributed by atoms with E-state index in [1.807, 2.05) is 49.8 Å². The van der Waals surface area contributed by atoms with Crippen molar-refractivity contribution >= 4 is 6.09 Å². The normalized spacial score (nSPS) is 16.1. The molecule has 0 bridgehead atoms. The van der Waals surface area contributed by atoms with Crippen LogP contribution in [0, 0.1) is 6.92 Å². The molecule has 3 rings (SSSR count). The first-order valence-electron chi connectivity index (χ1n) is 8.80. The molecule has 1 aliphatic heterocycles. The first-order valence-corrected chi connectivity index (χ1v) is 8.80. The Labute approximate surface area is 148 Å². The molecule has 1 fully saturated rings. The smallest absolute Gasteiger partial charge is 0.410 e. The van der Waals surface area contributed by atoms with Crippen LogP contribution in [-0.2, 0) is 4.74 Å². The van der Waals surface area contributed by atoms with Crippen LogP contribution >= 0.6 is 0 Å². The van der Waals surface area contributed by atoms with Crippen molar-refractivity contribution in [3.05, 3.63) is 41.7 Å². The van der Waals surface area contributed by atoms with E-state index in [0.717, 1.165) is 24.2 Å². The summed E-state index contributed by atoms with van der Waals surface area (Å²) in [6, 6.07) is 8.13. The van der Waals surface area contributed by atoms with E-state index in [1.54, 1.807) is 4.90 Å². The summed E-state index contributed by atoms with van der Waals surface area (Å²) in [7, 11) is 0. The molecule has 1 aliphatic rings. The number of nitrogens with zero attached hydrogens (tertiary/aromatic N) is 4. The second-order valence-electron chi connectivity index (χ2n) is 7.62. The molecule has 6 heteroatoms. The van der Waals surface area contributed by atoms with Crippen molar-refractivity contribution in [1.29, 1.82) is 0 Å². The summed E-state index contributed by atoms with van der Waals surface area (Å²) in [5.74, 6) is 0.330. The van der Waals surface area contributed by atoms with Crippen molar-refractivity contribution in [2.45, 2.75) is 52.1 Å². The zero-order chi connectivity index (χ0) is 18.0. The fourth-order valence-electron chi connectivity index (χ4n) is 3.09. The van der Waals surface area contributed by atoms with Gasteiger partial charge in [-0.2, -0.15) is 0 Å². The number of aromatic nitrogens is 3. The highest BCUT2D eigenvalue weighted by molar-refractivity contribution is 5.68. The minimum Gasteiger partial charge on any atom is -0.444 e. The Morgan fingerprint density at radius 1 is 1.20 bits per heavy atom. The molecular weight excluding hydrogens is 316 g/mol. The summed E-state index contributed by atoms with van der Waals surface area (Å²) in [6.45, 7) is 9.12. The molecule has 1 aromatic carbocycles. The molecule has 1 saturated heterocycles. The quantitative estimate of drug-likeness (QED) is 0.835. The average Bonchev–Trinajstić information content (AvgIpc) is 3.03. The number of ether oxygens (including phenoxy) is 1. The lowest BCUT2D eigenvalue weighted by molar-refractivity contribution is 0.0204. The molecule has 0 unspecified atom stereocenters. The SMILES string of the molecule is Cc1ccccc1-n1cc(C2CCN(C(=O)OC(C)(C)C)CC2)nn1. The third-order valence-corrected chi connectivity index (χ3v) is 4.44. The van der Waals surface area contributed by atoms with E-state index in [9.17, 15) is 4.79 Å². The molecule has 2 heterocycles. The highest BCUT2D eigenvalue weighted by atomic mass is 16.6. The monoisotopic (exact) mass is 342 g/mol. The number of aryl methyl sites for hydroxylation is 1. The van der Waals surface area contributed by atoms with Crippen molar-refractivity contribution in [2.24, 2.45) is 0 Å². The Morgan fingerprint density at radius 2 is 1.88 bits per heavy atom. The van der Waals surface area contributed by atoms with Crippen LogP contribution in [0.25, 0.3) is 5.69 Å².